The van der Waals surface area contributed by atoms with Gasteiger partial charge in [-0.3, -0.25) is 14.5 Å². The highest BCUT2D eigenvalue weighted by molar-refractivity contribution is 7.85. The minimum absolute atomic E-state index is 0.132. The highest BCUT2D eigenvalue weighted by Gasteiger charge is 1.98. The van der Waals surface area contributed by atoms with Crippen LogP contribution >= 0.6 is 0 Å². The Labute approximate surface area is 114 Å². The van der Waals surface area contributed by atoms with Crippen molar-refractivity contribution in [3.05, 3.63) is 61.2 Å². The fourth-order valence-electron chi connectivity index (χ4n) is 0.883. The maximum atomic E-state index is 9.79. The zero-order valence-electron chi connectivity index (χ0n) is 10.8. The molecule has 19 heavy (non-hydrogen) atoms. The van der Waals surface area contributed by atoms with Crippen molar-refractivity contribution in [2.45, 2.75) is 13.3 Å². The number of hydrogen-bond acceptors (Lipinski definition) is 4. The summed E-state index contributed by atoms with van der Waals surface area (Å²) in [6.45, 7) is 1.69. The molecule has 2 rings (SSSR count). The van der Waals surface area contributed by atoms with Gasteiger partial charge in [0.2, 0.25) is 0 Å². The van der Waals surface area contributed by atoms with Gasteiger partial charge in [-0.2, -0.15) is 8.42 Å². The SMILES string of the molecule is CCCS(=O)(=O)O.c1ccncc1.c1ccncc1. The smallest absolute Gasteiger partial charge is 0.264 e. The van der Waals surface area contributed by atoms with Crippen molar-refractivity contribution < 1.29 is 13.0 Å². The van der Waals surface area contributed by atoms with E-state index in [-0.39, 0.29) is 5.75 Å². The van der Waals surface area contributed by atoms with Crippen LogP contribution in [0.2, 0.25) is 0 Å². The zero-order valence-corrected chi connectivity index (χ0v) is 11.6. The predicted octanol–water partition coefficient (Wildman–Crippen LogP) is 2.45. The van der Waals surface area contributed by atoms with E-state index >= 15 is 0 Å². The Balaban J connectivity index is 0.000000256. The number of aromatic nitrogens is 2. The number of pyridine rings is 2. The molecule has 0 atom stereocenters. The average Bonchev–Trinajstić information content (AvgIpc) is 2.43. The van der Waals surface area contributed by atoms with Gasteiger partial charge in [0, 0.05) is 24.8 Å². The first kappa shape index (κ1) is 17.2. The second-order valence-corrected chi connectivity index (χ2v) is 4.91. The van der Waals surface area contributed by atoms with E-state index in [0.717, 1.165) is 0 Å². The van der Waals surface area contributed by atoms with Gasteiger partial charge in [-0.05, 0) is 30.7 Å². The topological polar surface area (TPSA) is 80.2 Å². The quantitative estimate of drug-likeness (QED) is 0.856. The first-order chi connectivity index (χ1) is 9.06. The molecule has 2 heterocycles. The molecule has 6 heteroatoms. The Morgan fingerprint density at radius 1 is 0.842 bits per heavy atom. The standard InChI is InChI=1S/2C5H5N.C3H8O3S/c2*1-2-4-6-5-3-1;1-2-3-7(4,5)6/h2*1-5H;2-3H2,1H3,(H,4,5,6). The lowest BCUT2D eigenvalue weighted by atomic mass is 10.5. The minimum atomic E-state index is -3.67. The van der Waals surface area contributed by atoms with E-state index in [4.69, 9.17) is 4.55 Å². The summed E-state index contributed by atoms with van der Waals surface area (Å²) in [4.78, 5) is 7.57. The van der Waals surface area contributed by atoms with Crippen LogP contribution in [-0.4, -0.2) is 28.7 Å². The van der Waals surface area contributed by atoms with Crippen LogP contribution in [0.15, 0.2) is 61.2 Å². The normalized spacial score (nSPS) is 9.37. The van der Waals surface area contributed by atoms with Crippen LogP contribution in [0.25, 0.3) is 0 Å². The molecule has 1 N–H and O–H groups in total. The van der Waals surface area contributed by atoms with Gasteiger partial charge in [-0.25, -0.2) is 0 Å². The molecular weight excluding hydrogens is 264 g/mol. The fraction of sp³-hybridized carbons (Fsp3) is 0.231. The second kappa shape index (κ2) is 11.3. The van der Waals surface area contributed by atoms with Crippen molar-refractivity contribution in [3.8, 4) is 0 Å². The van der Waals surface area contributed by atoms with Crippen molar-refractivity contribution in [2.75, 3.05) is 5.75 Å². The summed E-state index contributed by atoms with van der Waals surface area (Å²) < 4.78 is 27.6. The third-order valence-corrected chi connectivity index (χ3v) is 2.52. The lowest BCUT2D eigenvalue weighted by molar-refractivity contribution is 0.482. The fourth-order valence-corrected chi connectivity index (χ4v) is 1.40. The largest absolute Gasteiger partial charge is 0.286 e. The molecule has 0 bridgehead atoms. The summed E-state index contributed by atoms with van der Waals surface area (Å²) in [6.07, 6.45) is 7.47. The molecule has 0 aliphatic heterocycles. The summed E-state index contributed by atoms with van der Waals surface area (Å²) in [5.41, 5.74) is 0. The number of nitrogens with zero attached hydrogens (tertiary/aromatic N) is 2. The van der Waals surface area contributed by atoms with Gasteiger partial charge in [0.05, 0.1) is 5.75 Å². The Bertz CT molecular complexity index is 405. The van der Waals surface area contributed by atoms with Gasteiger partial charge in [-0.15, -0.1) is 0 Å². The monoisotopic (exact) mass is 282 g/mol. The highest BCUT2D eigenvalue weighted by atomic mass is 32.2. The number of rotatable bonds is 2. The van der Waals surface area contributed by atoms with Crippen LogP contribution < -0.4 is 0 Å². The Morgan fingerprint density at radius 3 is 1.26 bits per heavy atom. The van der Waals surface area contributed by atoms with E-state index < -0.39 is 10.1 Å². The van der Waals surface area contributed by atoms with E-state index in [9.17, 15) is 8.42 Å². The molecule has 2 aromatic heterocycles. The molecule has 0 spiro atoms. The Morgan fingerprint density at radius 2 is 1.21 bits per heavy atom. The summed E-state index contributed by atoms with van der Waals surface area (Å²) >= 11 is 0. The molecule has 2 aromatic rings. The zero-order chi connectivity index (χ0) is 14.4. The highest BCUT2D eigenvalue weighted by Crippen LogP contribution is 1.83. The molecule has 0 aliphatic rings. The van der Waals surface area contributed by atoms with Gasteiger partial charge in [0.15, 0.2) is 0 Å². The van der Waals surface area contributed by atoms with Gasteiger partial charge in [-0.1, -0.05) is 19.1 Å². The van der Waals surface area contributed by atoms with Crippen molar-refractivity contribution in [1.29, 1.82) is 0 Å². The molecule has 0 fully saturated rings. The van der Waals surface area contributed by atoms with Gasteiger partial charge in [0.1, 0.15) is 0 Å². The van der Waals surface area contributed by atoms with Crippen LogP contribution in [0, 0.1) is 0 Å². The van der Waals surface area contributed by atoms with Crippen LogP contribution in [0.5, 0.6) is 0 Å². The van der Waals surface area contributed by atoms with Gasteiger partial charge >= 0.3 is 0 Å². The van der Waals surface area contributed by atoms with E-state index in [2.05, 4.69) is 9.97 Å². The van der Waals surface area contributed by atoms with Crippen molar-refractivity contribution in [1.82, 2.24) is 9.97 Å². The van der Waals surface area contributed by atoms with Crippen molar-refractivity contribution in [3.63, 3.8) is 0 Å². The summed E-state index contributed by atoms with van der Waals surface area (Å²) in [7, 11) is -3.67. The molecule has 0 aromatic carbocycles. The van der Waals surface area contributed by atoms with Gasteiger partial charge < -0.3 is 0 Å². The number of hydrogen-bond donors (Lipinski definition) is 1. The first-order valence-corrected chi connectivity index (χ1v) is 7.32. The van der Waals surface area contributed by atoms with Crippen LogP contribution in [0.1, 0.15) is 13.3 Å². The van der Waals surface area contributed by atoms with Gasteiger partial charge in [0.25, 0.3) is 10.1 Å². The van der Waals surface area contributed by atoms with Crippen molar-refractivity contribution in [2.24, 2.45) is 0 Å². The summed E-state index contributed by atoms with van der Waals surface area (Å²) in [5.74, 6) is -0.132. The lowest BCUT2D eigenvalue weighted by Crippen LogP contribution is -2.01. The van der Waals surface area contributed by atoms with E-state index in [1.165, 1.54) is 0 Å². The molecule has 5 nitrogen and oxygen atoms in total. The van der Waals surface area contributed by atoms with Crippen LogP contribution in [-0.2, 0) is 10.1 Å². The molecule has 0 saturated heterocycles. The van der Waals surface area contributed by atoms with E-state index in [1.54, 1.807) is 31.7 Å². The summed E-state index contributed by atoms with van der Waals surface area (Å²) in [5, 5.41) is 0. The Kier molecular flexibility index (Phi) is 10.2. The molecule has 0 unspecified atom stereocenters. The molecule has 0 radical (unpaired) electrons. The molecule has 0 saturated carbocycles. The lowest BCUT2D eigenvalue weighted by Gasteiger charge is -1.85. The first-order valence-electron chi connectivity index (χ1n) is 5.71. The van der Waals surface area contributed by atoms with Crippen molar-refractivity contribution >= 4 is 10.1 Å². The Hall–Kier alpha value is -1.79. The molecule has 104 valence electrons. The van der Waals surface area contributed by atoms with E-state index in [0.29, 0.717) is 6.42 Å². The second-order valence-electron chi connectivity index (χ2n) is 3.34. The average molecular weight is 282 g/mol. The minimum Gasteiger partial charge on any atom is -0.286 e. The van der Waals surface area contributed by atoms with Crippen LogP contribution in [0.4, 0.5) is 0 Å². The molecule has 0 amide bonds. The van der Waals surface area contributed by atoms with Crippen LogP contribution in [0.3, 0.4) is 0 Å². The molecule has 0 aliphatic carbocycles. The third kappa shape index (κ3) is 16.2. The maximum absolute atomic E-state index is 9.79. The predicted molar refractivity (Wildman–Crippen MR) is 75.2 cm³/mol. The maximum Gasteiger partial charge on any atom is 0.264 e. The summed E-state index contributed by atoms with van der Waals surface area (Å²) in [6, 6.07) is 11.4. The third-order valence-electron chi connectivity index (χ3n) is 1.60. The molecular formula is C13H18N2O3S. The van der Waals surface area contributed by atoms with E-state index in [1.807, 2.05) is 36.4 Å².